The third-order valence-electron chi connectivity index (χ3n) is 4.05. The predicted octanol–water partition coefficient (Wildman–Crippen LogP) is 2.31. The minimum Gasteiger partial charge on any atom is -0.493 e. The maximum absolute atomic E-state index is 5.91. The van der Waals surface area contributed by atoms with E-state index in [-0.39, 0.29) is 5.41 Å². The Morgan fingerprint density at radius 3 is 2.24 bits per heavy atom. The minimum atomic E-state index is 0.189. The molecule has 2 rings (SSSR count). The van der Waals surface area contributed by atoms with Gasteiger partial charge in [0.25, 0.3) is 0 Å². The average molecular weight is 235 g/mol. The third kappa shape index (κ3) is 1.78. The van der Waals surface area contributed by atoms with Crippen LogP contribution in [0, 0.1) is 13.8 Å². The molecule has 94 valence electrons. The molecule has 1 fully saturated rings. The lowest BCUT2D eigenvalue weighted by molar-refractivity contribution is 0.351. The SMILES string of the molecule is COc1cc(C2(CN)CC2)c(C)c(C)c1OC. The first-order chi connectivity index (χ1) is 8.09. The molecule has 1 aromatic rings. The Balaban J connectivity index is 2.58. The van der Waals surface area contributed by atoms with Gasteiger partial charge in [0.15, 0.2) is 11.5 Å². The van der Waals surface area contributed by atoms with Crippen molar-refractivity contribution in [2.75, 3.05) is 20.8 Å². The number of nitrogens with two attached hydrogens (primary N) is 1. The molecule has 0 bridgehead atoms. The van der Waals surface area contributed by atoms with Crippen LogP contribution in [0.3, 0.4) is 0 Å². The molecule has 0 amide bonds. The van der Waals surface area contributed by atoms with Crippen molar-refractivity contribution in [3.05, 3.63) is 22.8 Å². The van der Waals surface area contributed by atoms with Gasteiger partial charge in [-0.2, -0.15) is 0 Å². The molecule has 0 aromatic heterocycles. The molecule has 0 heterocycles. The number of benzene rings is 1. The van der Waals surface area contributed by atoms with Crippen molar-refractivity contribution in [3.8, 4) is 11.5 Å². The second-order valence-corrected chi connectivity index (χ2v) is 4.89. The lowest BCUT2D eigenvalue weighted by Gasteiger charge is -2.21. The van der Waals surface area contributed by atoms with Gasteiger partial charge in [0.2, 0.25) is 0 Å². The van der Waals surface area contributed by atoms with Crippen LogP contribution in [0.5, 0.6) is 11.5 Å². The van der Waals surface area contributed by atoms with Gasteiger partial charge in [-0.05, 0) is 49.4 Å². The standard InChI is InChI=1S/C14H21NO2/c1-9-10(2)13(17-4)12(16-3)7-11(9)14(8-15)5-6-14/h7H,5-6,8,15H2,1-4H3. The third-order valence-corrected chi connectivity index (χ3v) is 4.05. The van der Waals surface area contributed by atoms with Gasteiger partial charge < -0.3 is 15.2 Å². The molecular formula is C14H21NO2. The summed E-state index contributed by atoms with van der Waals surface area (Å²) in [5.74, 6) is 1.65. The first-order valence-electron chi connectivity index (χ1n) is 6.02. The fraction of sp³-hybridized carbons (Fsp3) is 0.571. The van der Waals surface area contributed by atoms with Crippen molar-refractivity contribution in [2.45, 2.75) is 32.1 Å². The molecule has 2 N–H and O–H groups in total. The maximum Gasteiger partial charge on any atom is 0.163 e. The van der Waals surface area contributed by atoms with Gasteiger partial charge >= 0.3 is 0 Å². The molecule has 0 atom stereocenters. The van der Waals surface area contributed by atoms with Gasteiger partial charge in [-0.3, -0.25) is 0 Å². The Morgan fingerprint density at radius 2 is 1.82 bits per heavy atom. The van der Waals surface area contributed by atoms with Crippen LogP contribution < -0.4 is 15.2 Å². The molecule has 1 saturated carbocycles. The summed E-state index contributed by atoms with van der Waals surface area (Å²) < 4.78 is 10.8. The highest BCUT2D eigenvalue weighted by Crippen LogP contribution is 2.51. The van der Waals surface area contributed by atoms with Crippen LogP contribution in [0.15, 0.2) is 6.07 Å². The van der Waals surface area contributed by atoms with E-state index in [0.29, 0.717) is 6.54 Å². The predicted molar refractivity (Wildman–Crippen MR) is 69.0 cm³/mol. The zero-order valence-electron chi connectivity index (χ0n) is 11.1. The Kier molecular flexibility index (Phi) is 3.04. The van der Waals surface area contributed by atoms with Crippen molar-refractivity contribution in [1.82, 2.24) is 0 Å². The lowest BCUT2D eigenvalue weighted by Crippen LogP contribution is -2.21. The summed E-state index contributed by atoms with van der Waals surface area (Å²) in [4.78, 5) is 0. The van der Waals surface area contributed by atoms with Gasteiger partial charge in [-0.15, -0.1) is 0 Å². The summed E-state index contributed by atoms with van der Waals surface area (Å²) in [5, 5.41) is 0. The molecule has 1 aromatic carbocycles. The molecule has 3 nitrogen and oxygen atoms in total. The molecule has 0 unspecified atom stereocenters. The van der Waals surface area contributed by atoms with Crippen molar-refractivity contribution >= 4 is 0 Å². The summed E-state index contributed by atoms with van der Waals surface area (Å²) in [6, 6.07) is 2.10. The van der Waals surface area contributed by atoms with E-state index in [2.05, 4.69) is 19.9 Å². The van der Waals surface area contributed by atoms with E-state index >= 15 is 0 Å². The van der Waals surface area contributed by atoms with Gasteiger partial charge in [-0.1, -0.05) is 0 Å². The quantitative estimate of drug-likeness (QED) is 0.871. The van der Waals surface area contributed by atoms with E-state index in [1.165, 1.54) is 24.0 Å². The molecule has 0 aliphatic heterocycles. The first-order valence-corrected chi connectivity index (χ1v) is 6.02. The fourth-order valence-electron chi connectivity index (χ4n) is 2.55. The Labute approximate surface area is 103 Å². The average Bonchev–Trinajstić information content (AvgIpc) is 3.13. The summed E-state index contributed by atoms with van der Waals surface area (Å²) in [7, 11) is 3.36. The number of ether oxygens (including phenoxy) is 2. The monoisotopic (exact) mass is 235 g/mol. The zero-order chi connectivity index (χ0) is 12.6. The normalized spacial score (nSPS) is 16.8. The molecule has 1 aliphatic rings. The Bertz CT molecular complexity index is 436. The van der Waals surface area contributed by atoms with E-state index in [9.17, 15) is 0 Å². The lowest BCUT2D eigenvalue weighted by atomic mass is 9.89. The van der Waals surface area contributed by atoms with Crippen molar-refractivity contribution in [2.24, 2.45) is 5.73 Å². The fourth-order valence-corrected chi connectivity index (χ4v) is 2.55. The topological polar surface area (TPSA) is 44.5 Å². The summed E-state index contributed by atoms with van der Waals surface area (Å²) in [6.07, 6.45) is 2.36. The largest absolute Gasteiger partial charge is 0.493 e. The van der Waals surface area contributed by atoms with Gasteiger partial charge in [0.05, 0.1) is 14.2 Å². The van der Waals surface area contributed by atoms with Crippen LogP contribution in [0.2, 0.25) is 0 Å². The van der Waals surface area contributed by atoms with Gasteiger partial charge in [0.1, 0.15) is 0 Å². The number of hydrogen-bond donors (Lipinski definition) is 1. The van der Waals surface area contributed by atoms with Crippen LogP contribution in [-0.4, -0.2) is 20.8 Å². The summed E-state index contributed by atoms with van der Waals surface area (Å²) in [6.45, 7) is 4.93. The molecule has 17 heavy (non-hydrogen) atoms. The van der Waals surface area contributed by atoms with E-state index in [1.54, 1.807) is 14.2 Å². The van der Waals surface area contributed by atoms with Crippen molar-refractivity contribution in [1.29, 1.82) is 0 Å². The number of rotatable bonds is 4. The van der Waals surface area contributed by atoms with E-state index < -0.39 is 0 Å². The molecule has 3 heteroatoms. The Hall–Kier alpha value is -1.22. The van der Waals surface area contributed by atoms with Gasteiger partial charge in [-0.25, -0.2) is 0 Å². The molecular weight excluding hydrogens is 214 g/mol. The summed E-state index contributed by atoms with van der Waals surface area (Å²) >= 11 is 0. The van der Waals surface area contributed by atoms with E-state index in [0.717, 1.165) is 17.1 Å². The van der Waals surface area contributed by atoms with Crippen LogP contribution in [0.25, 0.3) is 0 Å². The van der Waals surface area contributed by atoms with E-state index in [1.807, 2.05) is 0 Å². The zero-order valence-corrected chi connectivity index (χ0v) is 11.1. The van der Waals surface area contributed by atoms with Crippen molar-refractivity contribution < 1.29 is 9.47 Å². The number of methoxy groups -OCH3 is 2. The van der Waals surface area contributed by atoms with E-state index in [4.69, 9.17) is 15.2 Å². The first kappa shape index (κ1) is 12.2. The second kappa shape index (κ2) is 4.22. The molecule has 0 saturated heterocycles. The molecule has 1 aliphatic carbocycles. The highest BCUT2D eigenvalue weighted by atomic mass is 16.5. The summed E-state index contributed by atoms with van der Waals surface area (Å²) in [5.41, 5.74) is 9.86. The van der Waals surface area contributed by atoms with Crippen LogP contribution >= 0.6 is 0 Å². The minimum absolute atomic E-state index is 0.189. The smallest absolute Gasteiger partial charge is 0.163 e. The van der Waals surface area contributed by atoms with Crippen molar-refractivity contribution in [3.63, 3.8) is 0 Å². The highest BCUT2D eigenvalue weighted by molar-refractivity contribution is 5.56. The Morgan fingerprint density at radius 1 is 1.18 bits per heavy atom. The second-order valence-electron chi connectivity index (χ2n) is 4.89. The van der Waals surface area contributed by atoms with Crippen LogP contribution in [0.1, 0.15) is 29.5 Å². The maximum atomic E-state index is 5.91. The van der Waals surface area contributed by atoms with Gasteiger partial charge in [0, 0.05) is 12.0 Å². The van der Waals surface area contributed by atoms with Crippen LogP contribution in [-0.2, 0) is 5.41 Å². The van der Waals surface area contributed by atoms with Crippen LogP contribution in [0.4, 0.5) is 0 Å². The molecule has 0 spiro atoms. The number of hydrogen-bond acceptors (Lipinski definition) is 3. The molecule has 0 radical (unpaired) electrons. The highest BCUT2D eigenvalue weighted by Gasteiger charge is 2.44.